The second kappa shape index (κ2) is 14.0. The van der Waals surface area contributed by atoms with Crippen molar-refractivity contribution >= 4 is 46.7 Å². The van der Waals surface area contributed by atoms with E-state index in [0.29, 0.717) is 0 Å². The molecule has 10 nitrogen and oxygen atoms in total. The van der Waals surface area contributed by atoms with E-state index in [4.69, 9.17) is 11.6 Å². The maximum absolute atomic E-state index is 14.8. The quantitative estimate of drug-likeness (QED) is 0.404. The van der Waals surface area contributed by atoms with E-state index in [2.05, 4.69) is 16.9 Å². The summed E-state index contributed by atoms with van der Waals surface area (Å²) in [6.07, 6.45) is 4.59. The van der Waals surface area contributed by atoms with Crippen LogP contribution in [0.2, 0.25) is 0 Å². The summed E-state index contributed by atoms with van der Waals surface area (Å²) in [5, 5.41) is 11.9. The summed E-state index contributed by atoms with van der Waals surface area (Å²) in [6.45, 7) is 6.08. The fraction of sp³-hybridized carbons (Fsp3) is 0.312. The van der Waals surface area contributed by atoms with Crippen LogP contribution in [0.4, 0.5) is 24.7 Å². The number of hydrogen-bond acceptors (Lipinski definition) is 6. The molecule has 0 radical (unpaired) electrons. The Hall–Kier alpha value is -4.96. The number of carbonyl (C=O) groups excluding carboxylic acids is 4. The first-order valence-corrected chi connectivity index (χ1v) is 14.5. The Bertz CT molecular complexity index is 1660. The Morgan fingerprint density at radius 2 is 1.98 bits per heavy atom. The van der Waals surface area contributed by atoms with Gasteiger partial charge in [-0.15, -0.1) is 0 Å². The van der Waals surface area contributed by atoms with Gasteiger partial charge in [0, 0.05) is 42.7 Å². The van der Waals surface area contributed by atoms with Crippen molar-refractivity contribution in [2.24, 2.45) is 0 Å². The molecular formula is C32H30ClF3N6O4. The number of halogens is 4. The third-order valence-corrected chi connectivity index (χ3v) is 7.86. The molecular weight excluding hydrogens is 625 g/mol. The molecule has 240 valence electrons. The third-order valence-electron chi connectivity index (χ3n) is 7.49. The predicted molar refractivity (Wildman–Crippen MR) is 164 cm³/mol. The highest BCUT2D eigenvalue weighted by Crippen LogP contribution is 2.38. The number of allylic oxidation sites excluding steroid dienone is 3. The van der Waals surface area contributed by atoms with Gasteiger partial charge in [-0.1, -0.05) is 36.4 Å². The summed E-state index contributed by atoms with van der Waals surface area (Å²) in [4.78, 5) is 61.9. The van der Waals surface area contributed by atoms with Crippen molar-refractivity contribution < 1.29 is 32.3 Å². The molecule has 1 aliphatic heterocycles. The average Bonchev–Trinajstić information content (AvgIpc) is 3.00. The van der Waals surface area contributed by atoms with Crippen LogP contribution < -0.4 is 15.1 Å². The minimum absolute atomic E-state index is 0.0725. The van der Waals surface area contributed by atoms with Gasteiger partial charge in [0.1, 0.15) is 30.3 Å². The third kappa shape index (κ3) is 7.46. The van der Waals surface area contributed by atoms with E-state index in [1.807, 2.05) is 6.07 Å². The maximum atomic E-state index is 14.8. The number of carbonyl (C=O) groups is 4. The van der Waals surface area contributed by atoms with Gasteiger partial charge in [0.05, 0.1) is 18.2 Å². The number of amides is 4. The first-order chi connectivity index (χ1) is 21.8. The number of anilines is 2. The van der Waals surface area contributed by atoms with Crippen LogP contribution in [-0.2, 0) is 19.2 Å². The van der Waals surface area contributed by atoms with E-state index in [0.717, 1.165) is 26.8 Å². The Labute approximate surface area is 268 Å². The van der Waals surface area contributed by atoms with Crippen LogP contribution in [0.1, 0.15) is 32.3 Å². The van der Waals surface area contributed by atoms with Gasteiger partial charge in [-0.3, -0.25) is 29.0 Å². The van der Waals surface area contributed by atoms with Crippen molar-refractivity contribution in [3.05, 3.63) is 89.4 Å². The van der Waals surface area contributed by atoms with Crippen LogP contribution in [0, 0.1) is 17.1 Å². The van der Waals surface area contributed by atoms with Gasteiger partial charge in [0.15, 0.2) is 0 Å². The van der Waals surface area contributed by atoms with E-state index in [9.17, 15) is 37.6 Å². The Morgan fingerprint density at radius 3 is 2.59 bits per heavy atom. The molecule has 0 bridgehead atoms. The smallest absolute Gasteiger partial charge is 0.253 e. The molecule has 14 heteroatoms. The number of benzene rings is 1. The molecule has 2 aliphatic rings. The number of nitrogens with one attached hydrogen (secondary N) is 1. The number of hydrogen-bond donors (Lipinski definition) is 1. The first-order valence-electron chi connectivity index (χ1n) is 14.1. The summed E-state index contributed by atoms with van der Waals surface area (Å²) in [5.41, 5.74) is -0.154. The molecule has 1 saturated carbocycles. The van der Waals surface area contributed by atoms with E-state index in [1.54, 1.807) is 19.1 Å². The van der Waals surface area contributed by atoms with Gasteiger partial charge >= 0.3 is 0 Å². The van der Waals surface area contributed by atoms with Crippen LogP contribution in [0.15, 0.2) is 78.0 Å². The monoisotopic (exact) mass is 654 g/mol. The first kappa shape index (κ1) is 33.9. The molecule has 2 heterocycles. The summed E-state index contributed by atoms with van der Waals surface area (Å²) >= 11 is 6.52. The lowest BCUT2D eigenvalue weighted by atomic mass is 9.87. The fourth-order valence-corrected chi connectivity index (χ4v) is 5.36. The topological polar surface area (TPSA) is 127 Å². The molecule has 46 heavy (non-hydrogen) atoms. The molecule has 1 aliphatic carbocycles. The Morgan fingerprint density at radius 1 is 1.26 bits per heavy atom. The minimum Gasteiger partial charge on any atom is -0.351 e. The van der Waals surface area contributed by atoms with Crippen LogP contribution in [-0.4, -0.2) is 70.7 Å². The zero-order valence-corrected chi connectivity index (χ0v) is 25.7. The Balaban J connectivity index is 1.89. The number of alkyl halides is 2. The van der Waals surface area contributed by atoms with Crippen molar-refractivity contribution in [1.82, 2.24) is 15.2 Å². The lowest BCUT2D eigenvalue weighted by Gasteiger charge is -2.43. The molecule has 2 fully saturated rings. The van der Waals surface area contributed by atoms with Crippen LogP contribution in [0.25, 0.3) is 0 Å². The molecule has 4 amide bonds. The molecule has 1 N–H and O–H groups in total. The zero-order valence-electron chi connectivity index (χ0n) is 24.9. The molecule has 0 spiro atoms. The minimum atomic E-state index is -2.98. The van der Waals surface area contributed by atoms with Gasteiger partial charge in [-0.2, -0.15) is 5.26 Å². The number of aromatic nitrogens is 1. The van der Waals surface area contributed by atoms with Gasteiger partial charge in [-0.05, 0) is 48.9 Å². The van der Waals surface area contributed by atoms with Crippen molar-refractivity contribution in [3.8, 4) is 6.07 Å². The summed E-state index contributed by atoms with van der Waals surface area (Å²) in [7, 11) is 0. The van der Waals surface area contributed by atoms with E-state index in [-0.39, 0.29) is 34.2 Å². The molecule has 4 rings (SSSR count). The lowest BCUT2D eigenvalue weighted by Crippen LogP contribution is -2.66. The van der Waals surface area contributed by atoms with E-state index in [1.165, 1.54) is 43.5 Å². The second-order valence-electron chi connectivity index (χ2n) is 10.8. The Kier molecular flexibility index (Phi) is 10.3. The summed E-state index contributed by atoms with van der Waals surface area (Å²) in [6, 6.07) is 5.12. The van der Waals surface area contributed by atoms with Crippen molar-refractivity contribution in [2.45, 2.75) is 50.7 Å². The number of nitrogens with zero attached hydrogens (tertiary/aromatic N) is 5. The van der Waals surface area contributed by atoms with Gasteiger partial charge in [-0.25, -0.2) is 18.2 Å². The maximum Gasteiger partial charge on any atom is 0.253 e. The molecule has 1 aromatic carbocycles. The zero-order chi connectivity index (χ0) is 33.8. The highest BCUT2D eigenvalue weighted by atomic mass is 35.5. The lowest BCUT2D eigenvalue weighted by molar-refractivity contribution is -0.138. The summed E-state index contributed by atoms with van der Waals surface area (Å²) < 4.78 is 42.1. The predicted octanol–water partition coefficient (Wildman–Crippen LogP) is 4.23. The van der Waals surface area contributed by atoms with Crippen molar-refractivity contribution in [1.29, 1.82) is 5.26 Å². The highest BCUT2D eigenvalue weighted by Gasteiger charge is 2.49. The molecule has 0 unspecified atom stereocenters. The van der Waals surface area contributed by atoms with Crippen LogP contribution in [0.5, 0.6) is 0 Å². The second-order valence-corrected chi connectivity index (χ2v) is 11.2. The standard InChI is InChI=1S/C32H30ClF3N6O4/c1-4-5-9-25(33)19(2)29(30(45)39-23-14-32(35,36)15-23)41(24-8-6-7-22(34)13-24)31(46)26-17-40(20(3)43)18-28(44)42(26)27-12-21(16-37)10-11-38-27/h4-13,23,26,29H,2,14-15,17-18H2,1,3H3,(H,39,45)/b5-4-,25-9+/t26-,29-/m0/s1. The molecule has 1 aromatic heterocycles. The van der Waals surface area contributed by atoms with Crippen molar-refractivity contribution in [2.75, 3.05) is 22.9 Å². The number of piperazine rings is 1. The number of rotatable bonds is 9. The molecule has 2 aromatic rings. The summed E-state index contributed by atoms with van der Waals surface area (Å²) in [5.74, 6) is -6.97. The number of nitriles is 1. The SMILES string of the molecule is C=C(/C(Cl)=C\C=C/C)[C@@H](C(=O)NC1CC(F)(F)C1)N(C(=O)[C@@H]1CN(C(C)=O)CC(=O)N1c1cc(C#N)ccn1)c1cccc(F)c1. The fourth-order valence-electron chi connectivity index (χ4n) is 5.19. The van der Waals surface area contributed by atoms with Crippen LogP contribution >= 0.6 is 11.6 Å². The van der Waals surface area contributed by atoms with Gasteiger partial charge < -0.3 is 10.2 Å². The van der Waals surface area contributed by atoms with E-state index >= 15 is 0 Å². The van der Waals surface area contributed by atoms with Crippen molar-refractivity contribution in [3.63, 3.8) is 0 Å². The molecule has 2 atom stereocenters. The largest absolute Gasteiger partial charge is 0.351 e. The highest BCUT2D eigenvalue weighted by molar-refractivity contribution is 6.32. The van der Waals surface area contributed by atoms with E-state index < -0.39 is 72.9 Å². The van der Waals surface area contributed by atoms with Gasteiger partial charge in [0.2, 0.25) is 17.7 Å². The normalized spacial score (nSPS) is 18.8. The van der Waals surface area contributed by atoms with Crippen LogP contribution in [0.3, 0.4) is 0 Å². The number of pyridine rings is 1. The average molecular weight is 655 g/mol. The van der Waals surface area contributed by atoms with Gasteiger partial charge in [0.25, 0.3) is 11.8 Å². The molecule has 1 saturated heterocycles.